The Labute approximate surface area is 299 Å². The van der Waals surface area contributed by atoms with Crippen LogP contribution in [0.2, 0.25) is 0 Å². The molecule has 1 aliphatic rings. The van der Waals surface area contributed by atoms with Gasteiger partial charge in [-0.1, -0.05) is 66.4 Å². The first kappa shape index (κ1) is 35.6. The summed E-state index contributed by atoms with van der Waals surface area (Å²) in [5.41, 5.74) is 0.676. The Bertz CT molecular complexity index is 2200. The maximum atomic E-state index is 14.1. The molecule has 0 N–H and O–H groups in total. The number of rotatable bonds is 10. The highest BCUT2D eigenvalue weighted by molar-refractivity contribution is 8.00. The third-order valence-corrected chi connectivity index (χ3v) is 9.33. The van der Waals surface area contributed by atoms with Gasteiger partial charge in [-0.2, -0.15) is 18.4 Å². The number of halogens is 3. The monoisotopic (exact) mass is 721 g/mol. The predicted octanol–water partition coefficient (Wildman–Crippen LogP) is 7.78. The lowest BCUT2D eigenvalue weighted by molar-refractivity contribution is -0.138. The molecule has 1 unspecified atom stereocenters. The van der Waals surface area contributed by atoms with E-state index in [9.17, 15) is 37.6 Å². The van der Waals surface area contributed by atoms with E-state index in [0.29, 0.717) is 28.6 Å². The van der Waals surface area contributed by atoms with E-state index < -0.39 is 52.7 Å². The van der Waals surface area contributed by atoms with E-state index in [-0.39, 0.29) is 28.4 Å². The van der Waals surface area contributed by atoms with Gasteiger partial charge in [0, 0.05) is 17.5 Å². The minimum absolute atomic E-state index is 0.0545. The standard InChI is InChI=1S/C39H26F3N3O6S/c1-50-29-17-13-25(14-18-29)32-19-31(39(40,41)42)30(21-43)36(44-32)52-34-20-35(47)45(37(34)48)28-15-11-27(12-16-28)38(49)51-22-33(46)26-9-7-24(8-10-26)23-5-3-2-4-6-23/h2-19,34H,20,22H2,1H3. The lowest BCUT2D eigenvalue weighted by Gasteiger charge is -2.17. The van der Waals surface area contributed by atoms with Crippen LogP contribution in [0.4, 0.5) is 18.9 Å². The molecule has 0 spiro atoms. The Morgan fingerprint density at radius 2 is 1.50 bits per heavy atom. The number of aromatic nitrogens is 1. The highest BCUT2D eigenvalue weighted by Gasteiger charge is 2.42. The van der Waals surface area contributed by atoms with Crippen LogP contribution in [0.3, 0.4) is 0 Å². The van der Waals surface area contributed by atoms with Gasteiger partial charge in [0.2, 0.25) is 11.8 Å². The number of ketones is 1. The Morgan fingerprint density at radius 3 is 2.12 bits per heavy atom. The molecule has 6 rings (SSSR count). The molecule has 0 radical (unpaired) electrons. The molecule has 0 bridgehead atoms. The van der Waals surface area contributed by atoms with Gasteiger partial charge in [-0.25, -0.2) is 14.7 Å². The molecule has 1 saturated heterocycles. The van der Waals surface area contributed by atoms with E-state index in [1.54, 1.807) is 42.5 Å². The molecule has 2 amide bonds. The number of hydrogen-bond acceptors (Lipinski definition) is 9. The maximum absolute atomic E-state index is 14.1. The Morgan fingerprint density at radius 1 is 0.885 bits per heavy atom. The minimum Gasteiger partial charge on any atom is -0.497 e. The summed E-state index contributed by atoms with van der Waals surface area (Å²) in [6, 6.07) is 30.3. The number of nitrogens with zero attached hydrogens (tertiary/aromatic N) is 3. The van der Waals surface area contributed by atoms with Gasteiger partial charge in [0.15, 0.2) is 12.4 Å². The third kappa shape index (κ3) is 7.57. The normalized spacial score (nSPS) is 14.2. The summed E-state index contributed by atoms with van der Waals surface area (Å²) in [7, 11) is 1.44. The van der Waals surface area contributed by atoms with Gasteiger partial charge in [0.1, 0.15) is 16.8 Å². The Hall–Kier alpha value is -6.26. The van der Waals surface area contributed by atoms with Crippen LogP contribution < -0.4 is 9.64 Å². The zero-order chi connectivity index (χ0) is 37.0. The summed E-state index contributed by atoms with van der Waals surface area (Å²) in [5, 5.41) is 8.19. The number of ether oxygens (including phenoxy) is 2. The number of nitriles is 1. The van der Waals surface area contributed by atoms with Crippen molar-refractivity contribution in [2.75, 3.05) is 18.6 Å². The molecule has 9 nitrogen and oxygen atoms in total. The van der Waals surface area contributed by atoms with Crippen molar-refractivity contribution in [2.45, 2.75) is 22.9 Å². The molecule has 1 fully saturated rings. The summed E-state index contributed by atoms with van der Waals surface area (Å²) in [6.45, 7) is -0.512. The van der Waals surface area contributed by atoms with E-state index >= 15 is 0 Å². The Kier molecular flexibility index (Phi) is 10.2. The van der Waals surface area contributed by atoms with E-state index in [1.165, 1.54) is 43.5 Å². The van der Waals surface area contributed by atoms with Crippen LogP contribution in [0.5, 0.6) is 5.75 Å². The number of carbonyl (C=O) groups excluding carboxylic acids is 4. The summed E-state index contributed by atoms with van der Waals surface area (Å²) in [5.74, 6) is -2.11. The summed E-state index contributed by atoms with van der Waals surface area (Å²) in [4.78, 5) is 57.0. The van der Waals surface area contributed by atoms with Crippen LogP contribution >= 0.6 is 11.8 Å². The first-order valence-corrected chi connectivity index (χ1v) is 16.5. The van der Waals surface area contributed by atoms with Gasteiger partial charge in [0.25, 0.3) is 0 Å². The van der Waals surface area contributed by atoms with Crippen LogP contribution in [0.15, 0.2) is 114 Å². The van der Waals surface area contributed by atoms with Gasteiger partial charge >= 0.3 is 12.1 Å². The second kappa shape index (κ2) is 14.9. The summed E-state index contributed by atoms with van der Waals surface area (Å²) < 4.78 is 52.6. The van der Waals surface area contributed by atoms with Crippen LogP contribution in [0.1, 0.15) is 38.3 Å². The predicted molar refractivity (Wildman–Crippen MR) is 186 cm³/mol. The van der Waals surface area contributed by atoms with Gasteiger partial charge in [0.05, 0.1) is 40.4 Å². The number of thioether (sulfide) groups is 1. The first-order valence-electron chi connectivity index (χ1n) is 15.6. The zero-order valence-corrected chi connectivity index (χ0v) is 28.0. The number of anilines is 1. The number of imide groups is 1. The van der Waals surface area contributed by atoms with Gasteiger partial charge in [-0.3, -0.25) is 14.4 Å². The van der Waals surface area contributed by atoms with Gasteiger partial charge < -0.3 is 9.47 Å². The fourth-order valence-corrected chi connectivity index (χ4v) is 6.60. The Balaban J connectivity index is 1.14. The molecule has 0 saturated carbocycles. The number of esters is 1. The average molecular weight is 722 g/mol. The first-order chi connectivity index (χ1) is 25.0. The largest absolute Gasteiger partial charge is 0.497 e. The molecule has 260 valence electrons. The van der Waals surface area contributed by atoms with Crippen LogP contribution in [0, 0.1) is 11.3 Å². The zero-order valence-electron chi connectivity index (χ0n) is 27.2. The van der Waals surface area contributed by atoms with E-state index in [0.717, 1.165) is 22.1 Å². The highest BCUT2D eigenvalue weighted by atomic mass is 32.2. The van der Waals surface area contributed by atoms with E-state index in [1.807, 2.05) is 30.3 Å². The number of benzene rings is 4. The van der Waals surface area contributed by atoms with Gasteiger partial charge in [-0.05, 0) is 65.7 Å². The van der Waals surface area contributed by atoms with E-state index in [2.05, 4.69) is 4.98 Å². The number of alkyl halides is 3. The topological polar surface area (TPSA) is 127 Å². The molecular weight excluding hydrogens is 696 g/mol. The van der Waals surface area contributed by atoms with Crippen molar-refractivity contribution in [3.8, 4) is 34.2 Å². The van der Waals surface area contributed by atoms with E-state index in [4.69, 9.17) is 9.47 Å². The summed E-state index contributed by atoms with van der Waals surface area (Å²) >= 11 is 0.598. The highest BCUT2D eigenvalue weighted by Crippen LogP contribution is 2.41. The number of hydrogen-bond donors (Lipinski definition) is 0. The molecule has 5 aromatic rings. The average Bonchev–Trinajstić information content (AvgIpc) is 3.44. The molecule has 52 heavy (non-hydrogen) atoms. The molecule has 1 atom stereocenters. The van der Waals surface area contributed by atoms with Gasteiger partial charge in [-0.15, -0.1) is 0 Å². The maximum Gasteiger partial charge on any atom is 0.417 e. The van der Waals surface area contributed by atoms with Crippen molar-refractivity contribution in [1.82, 2.24) is 4.98 Å². The van der Waals surface area contributed by atoms with Crippen LogP contribution in [-0.2, 0) is 20.5 Å². The quantitative estimate of drug-likeness (QED) is 0.0807. The fraction of sp³-hybridized carbons (Fsp3) is 0.128. The minimum atomic E-state index is -4.91. The second-order valence-electron chi connectivity index (χ2n) is 11.4. The smallest absolute Gasteiger partial charge is 0.417 e. The number of pyridine rings is 1. The van der Waals surface area contributed by atoms with Crippen molar-refractivity contribution in [3.63, 3.8) is 0 Å². The third-order valence-electron chi connectivity index (χ3n) is 8.16. The molecular formula is C39H26F3N3O6S. The van der Waals surface area contributed by atoms with Crippen molar-refractivity contribution in [1.29, 1.82) is 5.26 Å². The SMILES string of the molecule is COc1ccc(-c2cc(C(F)(F)F)c(C#N)c(SC3CC(=O)N(c4ccc(C(=O)OCC(=O)c5ccc(-c6ccccc6)cc5)cc4)C3=O)n2)cc1. The number of methoxy groups -OCH3 is 1. The fourth-order valence-electron chi connectivity index (χ4n) is 5.47. The molecule has 1 aromatic heterocycles. The van der Waals surface area contributed by atoms with Crippen LogP contribution in [-0.4, -0.2) is 47.5 Å². The lowest BCUT2D eigenvalue weighted by atomic mass is 10.0. The molecule has 0 aliphatic carbocycles. The number of Topliss-reactive ketones (excluding diaryl/α,β-unsaturated/α-hetero) is 1. The van der Waals surface area contributed by atoms with Crippen LogP contribution in [0.25, 0.3) is 22.4 Å². The molecule has 4 aromatic carbocycles. The molecule has 2 heterocycles. The molecule has 13 heteroatoms. The number of amides is 2. The van der Waals surface area contributed by atoms with Crippen molar-refractivity contribution in [2.24, 2.45) is 0 Å². The lowest BCUT2D eigenvalue weighted by Crippen LogP contribution is -2.31. The molecule has 1 aliphatic heterocycles. The number of carbonyl (C=O) groups is 4. The second-order valence-corrected chi connectivity index (χ2v) is 12.6. The summed E-state index contributed by atoms with van der Waals surface area (Å²) in [6.07, 6.45) is -5.28. The van der Waals surface area contributed by atoms with Crippen molar-refractivity contribution >= 4 is 41.0 Å². The van der Waals surface area contributed by atoms with Crippen molar-refractivity contribution < 1.29 is 41.8 Å². The van der Waals surface area contributed by atoms with Crippen molar-refractivity contribution in [3.05, 3.63) is 131 Å².